The van der Waals surface area contributed by atoms with Crippen LogP contribution in [-0.4, -0.2) is 10.5 Å². The van der Waals surface area contributed by atoms with E-state index in [-0.39, 0.29) is 5.54 Å². The zero-order valence-electron chi connectivity index (χ0n) is 10.1. The van der Waals surface area contributed by atoms with Crippen LogP contribution in [-0.2, 0) is 6.54 Å². The number of benzene rings is 1. The topological polar surface area (TPSA) is 24.9 Å². The van der Waals surface area contributed by atoms with Gasteiger partial charge in [-0.05, 0) is 37.8 Å². The maximum absolute atomic E-state index is 4.19. The average Bonchev–Trinajstić information content (AvgIpc) is 2.25. The zero-order valence-corrected chi connectivity index (χ0v) is 10.1. The van der Waals surface area contributed by atoms with Gasteiger partial charge in [0.15, 0.2) is 0 Å². The second-order valence-electron chi connectivity index (χ2n) is 5.12. The van der Waals surface area contributed by atoms with E-state index in [1.807, 2.05) is 12.4 Å². The summed E-state index contributed by atoms with van der Waals surface area (Å²) in [6.07, 6.45) is 3.78. The Morgan fingerprint density at radius 3 is 2.75 bits per heavy atom. The molecule has 0 saturated carbocycles. The largest absolute Gasteiger partial charge is 0.308 e. The highest BCUT2D eigenvalue weighted by Gasteiger charge is 2.09. The first-order valence-electron chi connectivity index (χ1n) is 5.63. The van der Waals surface area contributed by atoms with Crippen LogP contribution in [0, 0.1) is 0 Å². The molecule has 0 amide bonds. The van der Waals surface area contributed by atoms with Crippen LogP contribution >= 0.6 is 0 Å². The van der Waals surface area contributed by atoms with Crippen molar-refractivity contribution in [2.24, 2.45) is 0 Å². The minimum absolute atomic E-state index is 0.143. The summed E-state index contributed by atoms with van der Waals surface area (Å²) < 4.78 is 0. The summed E-state index contributed by atoms with van der Waals surface area (Å²) in [5.41, 5.74) is 1.45. The van der Waals surface area contributed by atoms with Crippen LogP contribution in [0.5, 0.6) is 0 Å². The molecule has 1 aromatic carbocycles. The summed E-state index contributed by atoms with van der Waals surface area (Å²) >= 11 is 0. The molecule has 0 atom stereocenters. The molecule has 0 spiro atoms. The third-order valence-corrected chi connectivity index (χ3v) is 2.58. The summed E-state index contributed by atoms with van der Waals surface area (Å²) in [5.74, 6) is 0. The molecule has 0 fully saturated rings. The van der Waals surface area contributed by atoms with Crippen LogP contribution < -0.4 is 5.32 Å². The van der Waals surface area contributed by atoms with Gasteiger partial charge in [0.2, 0.25) is 0 Å². The SMILES string of the molecule is CC(C)(C)NCc1cccc2ccncc12. The minimum Gasteiger partial charge on any atom is -0.308 e. The molecule has 16 heavy (non-hydrogen) atoms. The number of hydrogen-bond donors (Lipinski definition) is 1. The zero-order chi connectivity index (χ0) is 11.6. The number of rotatable bonds is 2. The third kappa shape index (κ3) is 2.58. The molecule has 0 radical (unpaired) electrons. The fourth-order valence-corrected chi connectivity index (χ4v) is 1.69. The molecule has 2 heteroatoms. The van der Waals surface area contributed by atoms with Gasteiger partial charge in [-0.25, -0.2) is 0 Å². The Morgan fingerprint density at radius 2 is 2.00 bits per heavy atom. The molecule has 0 aliphatic heterocycles. The van der Waals surface area contributed by atoms with E-state index in [0.29, 0.717) is 0 Å². The highest BCUT2D eigenvalue weighted by Crippen LogP contribution is 2.17. The Kier molecular flexibility index (Phi) is 2.92. The van der Waals surface area contributed by atoms with Crippen LogP contribution in [0.1, 0.15) is 26.3 Å². The second-order valence-corrected chi connectivity index (χ2v) is 5.12. The lowest BCUT2D eigenvalue weighted by molar-refractivity contribution is 0.425. The molecule has 0 saturated heterocycles. The van der Waals surface area contributed by atoms with Gasteiger partial charge < -0.3 is 5.32 Å². The Hall–Kier alpha value is -1.41. The summed E-state index contributed by atoms with van der Waals surface area (Å²) in [5, 5.41) is 5.99. The number of fused-ring (bicyclic) bond motifs is 1. The fourth-order valence-electron chi connectivity index (χ4n) is 1.69. The van der Waals surface area contributed by atoms with E-state index >= 15 is 0 Å². The molecule has 2 aromatic rings. The molecule has 0 aliphatic carbocycles. The van der Waals surface area contributed by atoms with Gasteiger partial charge in [-0.2, -0.15) is 0 Å². The van der Waals surface area contributed by atoms with Gasteiger partial charge in [0.1, 0.15) is 0 Å². The summed E-state index contributed by atoms with van der Waals surface area (Å²) in [7, 11) is 0. The van der Waals surface area contributed by atoms with Crippen molar-refractivity contribution in [2.45, 2.75) is 32.9 Å². The van der Waals surface area contributed by atoms with Crippen molar-refractivity contribution < 1.29 is 0 Å². The minimum atomic E-state index is 0.143. The quantitative estimate of drug-likeness (QED) is 0.830. The highest BCUT2D eigenvalue weighted by atomic mass is 14.9. The lowest BCUT2D eigenvalue weighted by Gasteiger charge is -2.21. The number of aromatic nitrogens is 1. The van der Waals surface area contributed by atoms with Gasteiger partial charge in [-0.15, -0.1) is 0 Å². The van der Waals surface area contributed by atoms with E-state index < -0.39 is 0 Å². The summed E-state index contributed by atoms with van der Waals surface area (Å²) in [4.78, 5) is 4.19. The van der Waals surface area contributed by atoms with E-state index in [4.69, 9.17) is 0 Å². The van der Waals surface area contributed by atoms with Crippen molar-refractivity contribution in [1.82, 2.24) is 10.3 Å². The second kappa shape index (κ2) is 4.22. The van der Waals surface area contributed by atoms with Gasteiger partial charge >= 0.3 is 0 Å². The van der Waals surface area contributed by atoms with Crippen LogP contribution in [0.25, 0.3) is 10.8 Å². The maximum atomic E-state index is 4.19. The number of nitrogens with one attached hydrogen (secondary N) is 1. The van der Waals surface area contributed by atoms with Crippen molar-refractivity contribution in [3.63, 3.8) is 0 Å². The van der Waals surface area contributed by atoms with Gasteiger partial charge in [0, 0.05) is 29.9 Å². The van der Waals surface area contributed by atoms with Crippen molar-refractivity contribution in [3.05, 3.63) is 42.2 Å². The fraction of sp³-hybridized carbons (Fsp3) is 0.357. The lowest BCUT2D eigenvalue weighted by Crippen LogP contribution is -2.35. The average molecular weight is 214 g/mol. The molecule has 1 heterocycles. The smallest absolute Gasteiger partial charge is 0.0349 e. The Labute approximate surface area is 96.7 Å². The van der Waals surface area contributed by atoms with Crippen LogP contribution in [0.3, 0.4) is 0 Å². The molecular formula is C14H18N2. The van der Waals surface area contributed by atoms with Crippen LogP contribution in [0.2, 0.25) is 0 Å². The molecular weight excluding hydrogens is 196 g/mol. The first-order valence-corrected chi connectivity index (χ1v) is 5.63. The predicted molar refractivity (Wildman–Crippen MR) is 68.3 cm³/mol. The van der Waals surface area contributed by atoms with E-state index in [1.54, 1.807) is 0 Å². The van der Waals surface area contributed by atoms with Crippen molar-refractivity contribution in [1.29, 1.82) is 0 Å². The van der Waals surface area contributed by atoms with E-state index in [2.05, 4.69) is 55.3 Å². The van der Waals surface area contributed by atoms with Gasteiger partial charge in [-0.1, -0.05) is 18.2 Å². The van der Waals surface area contributed by atoms with Gasteiger partial charge in [-0.3, -0.25) is 4.98 Å². The normalized spacial score (nSPS) is 11.9. The number of nitrogens with zero attached hydrogens (tertiary/aromatic N) is 1. The first kappa shape index (κ1) is 11.1. The van der Waals surface area contributed by atoms with Crippen LogP contribution in [0.4, 0.5) is 0 Å². The lowest BCUT2D eigenvalue weighted by atomic mass is 10.0. The predicted octanol–water partition coefficient (Wildman–Crippen LogP) is 3.12. The third-order valence-electron chi connectivity index (χ3n) is 2.58. The van der Waals surface area contributed by atoms with Crippen LogP contribution in [0.15, 0.2) is 36.7 Å². The standard InChI is InChI=1S/C14H18N2/c1-14(2,3)16-9-12-6-4-5-11-7-8-15-10-13(11)12/h4-8,10,16H,9H2,1-3H3. The number of pyridine rings is 1. The highest BCUT2D eigenvalue weighted by molar-refractivity contribution is 5.84. The van der Waals surface area contributed by atoms with Gasteiger partial charge in [0.25, 0.3) is 0 Å². The monoisotopic (exact) mass is 214 g/mol. The maximum Gasteiger partial charge on any atom is 0.0349 e. The van der Waals surface area contributed by atoms with Crippen molar-refractivity contribution in [3.8, 4) is 0 Å². The molecule has 2 rings (SSSR count). The first-order chi connectivity index (χ1) is 7.56. The van der Waals surface area contributed by atoms with Crippen molar-refractivity contribution in [2.75, 3.05) is 0 Å². The summed E-state index contributed by atoms with van der Waals surface area (Å²) in [6.45, 7) is 7.41. The van der Waals surface area contributed by atoms with E-state index in [9.17, 15) is 0 Å². The van der Waals surface area contributed by atoms with Crippen molar-refractivity contribution >= 4 is 10.8 Å². The Bertz CT molecular complexity index is 478. The molecule has 0 aliphatic rings. The molecule has 0 unspecified atom stereocenters. The van der Waals surface area contributed by atoms with E-state index in [1.165, 1.54) is 16.3 Å². The summed E-state index contributed by atoms with van der Waals surface area (Å²) in [6, 6.07) is 8.43. The van der Waals surface area contributed by atoms with Gasteiger partial charge in [0.05, 0.1) is 0 Å². The molecule has 1 N–H and O–H groups in total. The molecule has 0 bridgehead atoms. The molecule has 2 nitrogen and oxygen atoms in total. The van der Waals surface area contributed by atoms with E-state index in [0.717, 1.165) is 6.54 Å². The molecule has 1 aromatic heterocycles. The Morgan fingerprint density at radius 1 is 1.19 bits per heavy atom. The Balaban J connectivity index is 2.30. The molecule has 84 valence electrons. The number of hydrogen-bond acceptors (Lipinski definition) is 2.